The number of nitrogens with zero attached hydrogens (tertiary/aromatic N) is 4. The monoisotopic (exact) mass is 562 g/mol. The normalized spacial score (nSPS) is 17.5. The molecule has 9 nitrogen and oxygen atoms in total. The minimum Gasteiger partial charge on any atom is -0.453 e. The number of alkyl halides is 3. The molecule has 1 saturated heterocycles. The van der Waals surface area contributed by atoms with Crippen molar-refractivity contribution < 1.29 is 27.8 Å². The Labute approximate surface area is 196 Å². The predicted molar refractivity (Wildman–Crippen MR) is 119 cm³/mol. The molecule has 1 fully saturated rings. The van der Waals surface area contributed by atoms with Gasteiger partial charge in [-0.2, -0.15) is 13.2 Å². The van der Waals surface area contributed by atoms with E-state index in [4.69, 9.17) is 4.74 Å². The van der Waals surface area contributed by atoms with Crippen LogP contribution in [0.3, 0.4) is 0 Å². The number of hydrogen-bond donors (Lipinski definition) is 3. The summed E-state index contributed by atoms with van der Waals surface area (Å²) < 4.78 is 46.6. The van der Waals surface area contributed by atoms with Gasteiger partial charge in [-0.25, -0.2) is 9.78 Å². The van der Waals surface area contributed by atoms with Crippen LogP contribution in [0.25, 0.3) is 0 Å². The van der Waals surface area contributed by atoms with Gasteiger partial charge in [-0.05, 0) is 19.8 Å². The third kappa shape index (κ3) is 6.85. The van der Waals surface area contributed by atoms with Crippen molar-refractivity contribution in [3.63, 3.8) is 0 Å². The van der Waals surface area contributed by atoms with Crippen molar-refractivity contribution in [1.29, 1.82) is 0 Å². The topological polar surface area (TPSA) is 104 Å². The highest BCUT2D eigenvalue weighted by molar-refractivity contribution is 14.0. The molecule has 1 aromatic rings. The van der Waals surface area contributed by atoms with Crippen molar-refractivity contribution in [2.75, 3.05) is 33.3 Å². The first-order valence-corrected chi connectivity index (χ1v) is 9.77. The highest BCUT2D eigenvalue weighted by Crippen LogP contribution is 2.40. The Hall–Kier alpha value is -1.77. The van der Waals surface area contributed by atoms with Gasteiger partial charge in [0.1, 0.15) is 5.82 Å². The van der Waals surface area contributed by atoms with Gasteiger partial charge in [-0.15, -0.1) is 24.0 Å². The molecule has 1 aliphatic heterocycles. The van der Waals surface area contributed by atoms with Crippen LogP contribution in [0.1, 0.15) is 32.0 Å². The summed E-state index contributed by atoms with van der Waals surface area (Å²) in [4.78, 5) is 21.0. The standard InChI is InChI=1S/C18H29F3N6O3.HI/c1-4-22-15(25-13-5-10-27(11-6-13)16(28)30-3)24-8-7-17(29,18(19,20)21)14-23-9-12-26(14)2;/h9,12-13,29H,4-8,10-11H2,1-3H3,(H2,22,24,25);1H. The lowest BCUT2D eigenvalue weighted by molar-refractivity contribution is -0.272. The number of methoxy groups -OCH3 is 1. The van der Waals surface area contributed by atoms with E-state index in [1.54, 1.807) is 4.90 Å². The van der Waals surface area contributed by atoms with Gasteiger partial charge >= 0.3 is 12.3 Å². The van der Waals surface area contributed by atoms with E-state index in [0.29, 0.717) is 38.4 Å². The first-order valence-electron chi connectivity index (χ1n) is 9.77. The number of guanidine groups is 1. The maximum absolute atomic E-state index is 13.6. The number of likely N-dealkylation sites (tertiary alicyclic amines) is 1. The van der Waals surface area contributed by atoms with Gasteiger partial charge in [0.05, 0.1) is 7.11 Å². The summed E-state index contributed by atoms with van der Waals surface area (Å²) in [5.74, 6) is -0.114. The Morgan fingerprint density at radius 2 is 2.03 bits per heavy atom. The van der Waals surface area contributed by atoms with Crippen molar-refractivity contribution in [2.45, 2.75) is 44.0 Å². The molecule has 1 aliphatic rings. The van der Waals surface area contributed by atoms with Crippen LogP contribution in [0.2, 0.25) is 0 Å². The molecular weight excluding hydrogens is 532 g/mol. The number of carbonyl (C=O) groups excluding carboxylic acids is 1. The molecule has 178 valence electrons. The van der Waals surface area contributed by atoms with Gasteiger partial charge in [-0.3, -0.25) is 4.99 Å². The van der Waals surface area contributed by atoms with Crippen LogP contribution in [0, 0.1) is 0 Å². The largest absolute Gasteiger partial charge is 0.453 e. The molecule has 3 N–H and O–H groups in total. The van der Waals surface area contributed by atoms with Gasteiger partial charge in [0.25, 0.3) is 0 Å². The second-order valence-corrected chi connectivity index (χ2v) is 7.11. The summed E-state index contributed by atoms with van der Waals surface area (Å²) in [6, 6.07) is 0.0137. The summed E-state index contributed by atoms with van der Waals surface area (Å²) >= 11 is 0. The highest BCUT2D eigenvalue weighted by atomic mass is 127. The summed E-state index contributed by atoms with van der Waals surface area (Å²) in [6.45, 7) is 3.12. The molecule has 0 radical (unpaired) electrons. The van der Waals surface area contributed by atoms with E-state index in [9.17, 15) is 23.1 Å². The SMILES string of the molecule is CCNC(=NCCC(O)(c1nccn1C)C(F)(F)F)NC1CCN(C(=O)OC)CC1.I. The number of carbonyl (C=O) groups is 1. The molecular formula is C18H30F3IN6O3. The van der Waals surface area contributed by atoms with Crippen molar-refractivity contribution in [3.8, 4) is 0 Å². The van der Waals surface area contributed by atoms with Crippen molar-refractivity contribution in [3.05, 3.63) is 18.2 Å². The van der Waals surface area contributed by atoms with E-state index in [0.717, 1.165) is 4.57 Å². The second-order valence-electron chi connectivity index (χ2n) is 7.11. The lowest BCUT2D eigenvalue weighted by Crippen LogP contribution is -2.50. The lowest BCUT2D eigenvalue weighted by Gasteiger charge is -2.32. The quantitative estimate of drug-likeness (QED) is 0.279. The Kier molecular flexibility index (Phi) is 10.3. The molecule has 13 heteroatoms. The fourth-order valence-corrected chi connectivity index (χ4v) is 3.32. The van der Waals surface area contributed by atoms with Crippen LogP contribution < -0.4 is 10.6 Å². The third-order valence-electron chi connectivity index (χ3n) is 5.02. The summed E-state index contributed by atoms with van der Waals surface area (Å²) in [6.07, 6.45) is -2.08. The van der Waals surface area contributed by atoms with Crippen LogP contribution >= 0.6 is 24.0 Å². The van der Waals surface area contributed by atoms with Crippen LogP contribution in [0.4, 0.5) is 18.0 Å². The number of piperidine rings is 1. The van der Waals surface area contributed by atoms with Gasteiger partial charge in [-0.1, -0.05) is 0 Å². The fraction of sp³-hybridized carbons (Fsp3) is 0.722. The number of hydrogen-bond acceptors (Lipinski definition) is 5. The predicted octanol–water partition coefficient (Wildman–Crippen LogP) is 1.96. The van der Waals surface area contributed by atoms with E-state index < -0.39 is 24.0 Å². The van der Waals surface area contributed by atoms with Crippen molar-refractivity contribution in [1.82, 2.24) is 25.1 Å². The molecule has 2 rings (SSSR count). The molecule has 0 spiro atoms. The van der Waals surface area contributed by atoms with E-state index in [-0.39, 0.29) is 42.7 Å². The molecule has 2 heterocycles. The van der Waals surface area contributed by atoms with Crippen LogP contribution in [-0.2, 0) is 17.4 Å². The van der Waals surface area contributed by atoms with E-state index >= 15 is 0 Å². The average Bonchev–Trinajstić information content (AvgIpc) is 3.13. The number of halogens is 4. The van der Waals surface area contributed by atoms with Crippen LogP contribution in [0.15, 0.2) is 17.4 Å². The lowest BCUT2D eigenvalue weighted by atomic mass is 9.98. The Bertz CT molecular complexity index is 737. The highest BCUT2D eigenvalue weighted by Gasteiger charge is 2.57. The number of ether oxygens (including phenoxy) is 1. The van der Waals surface area contributed by atoms with E-state index in [1.165, 1.54) is 26.6 Å². The van der Waals surface area contributed by atoms with Crippen molar-refractivity contribution in [2.24, 2.45) is 12.0 Å². The second kappa shape index (κ2) is 11.7. The Morgan fingerprint density at radius 1 is 1.39 bits per heavy atom. The Morgan fingerprint density at radius 3 is 2.52 bits per heavy atom. The molecule has 0 saturated carbocycles. The van der Waals surface area contributed by atoms with Crippen LogP contribution in [0.5, 0.6) is 0 Å². The zero-order valence-corrected chi connectivity index (χ0v) is 20.1. The number of aromatic nitrogens is 2. The van der Waals surface area contributed by atoms with Gasteiger partial charge < -0.3 is 29.9 Å². The minimum atomic E-state index is -4.89. The fourth-order valence-electron chi connectivity index (χ4n) is 3.32. The van der Waals surface area contributed by atoms with Gasteiger partial charge in [0, 0.05) is 58.1 Å². The maximum Gasteiger partial charge on any atom is 0.424 e. The molecule has 1 amide bonds. The number of rotatable bonds is 6. The molecule has 31 heavy (non-hydrogen) atoms. The van der Waals surface area contributed by atoms with Crippen LogP contribution in [-0.4, -0.2) is 77.1 Å². The number of aliphatic hydroxyl groups is 1. The van der Waals surface area contributed by atoms with Gasteiger partial charge in [0.15, 0.2) is 5.96 Å². The first kappa shape index (κ1) is 27.3. The zero-order valence-electron chi connectivity index (χ0n) is 17.8. The number of aliphatic imine (C=N–C) groups is 1. The van der Waals surface area contributed by atoms with Crippen molar-refractivity contribution >= 4 is 36.0 Å². The number of nitrogens with one attached hydrogen (secondary N) is 2. The average molecular weight is 562 g/mol. The molecule has 1 aromatic heterocycles. The van der Waals surface area contributed by atoms with E-state index in [1.807, 2.05) is 6.92 Å². The van der Waals surface area contributed by atoms with Gasteiger partial charge in [0.2, 0.25) is 5.60 Å². The molecule has 1 atom stereocenters. The molecule has 1 unspecified atom stereocenters. The number of imidazole rings is 1. The summed E-state index contributed by atoms with van der Waals surface area (Å²) in [5, 5.41) is 16.6. The third-order valence-corrected chi connectivity index (χ3v) is 5.02. The molecule has 0 bridgehead atoms. The number of aryl methyl sites for hydroxylation is 1. The first-order chi connectivity index (χ1) is 14.1. The maximum atomic E-state index is 13.6. The minimum absolute atomic E-state index is 0. The Balaban J connectivity index is 0.00000480. The number of amides is 1. The summed E-state index contributed by atoms with van der Waals surface area (Å²) in [7, 11) is 2.73. The summed E-state index contributed by atoms with van der Waals surface area (Å²) in [5.41, 5.74) is -3.10. The smallest absolute Gasteiger partial charge is 0.424 e. The zero-order chi connectivity index (χ0) is 22.4. The van der Waals surface area contributed by atoms with E-state index in [2.05, 4.69) is 20.6 Å². The molecule has 0 aromatic carbocycles. The molecule has 0 aliphatic carbocycles.